The van der Waals surface area contributed by atoms with Gasteiger partial charge in [0.25, 0.3) is 0 Å². The van der Waals surface area contributed by atoms with Crippen LogP contribution < -0.4 is 9.47 Å². The molecule has 1 saturated heterocycles. The first-order valence-electron chi connectivity index (χ1n) is 16.8. The predicted molar refractivity (Wildman–Crippen MR) is 95.7 cm³/mol. The number of rotatable bonds is 3. The van der Waals surface area contributed by atoms with Crippen LogP contribution in [0.5, 0.6) is 11.5 Å². The summed E-state index contributed by atoms with van der Waals surface area (Å²) < 4.78 is 167. The van der Waals surface area contributed by atoms with Crippen molar-refractivity contribution in [2.45, 2.75) is 51.9 Å². The summed E-state index contributed by atoms with van der Waals surface area (Å²) in [6, 6.07) is -3.74. The topological polar surface area (TPSA) is 41.9 Å². The second kappa shape index (κ2) is 6.57. The number of aliphatic hydroxyl groups excluding tert-OH is 1. The van der Waals surface area contributed by atoms with Crippen LogP contribution >= 0.6 is 0 Å². The molecule has 134 valence electrons. The molecule has 0 spiro atoms. The summed E-state index contributed by atoms with van der Waals surface area (Å²) in [5, 5.41) is 11.3. The van der Waals surface area contributed by atoms with E-state index in [1.807, 2.05) is 0 Å². The lowest BCUT2D eigenvalue weighted by molar-refractivity contribution is -0.0259. The molecule has 3 atom stereocenters. The van der Waals surface area contributed by atoms with Crippen molar-refractivity contribution in [3.8, 4) is 11.5 Å². The van der Waals surface area contributed by atoms with Crippen molar-refractivity contribution in [2.75, 3.05) is 27.1 Å². The Balaban J connectivity index is 2.43. The van der Waals surface area contributed by atoms with E-state index in [9.17, 15) is 5.11 Å². The highest BCUT2D eigenvalue weighted by molar-refractivity contribution is 5.49. The highest BCUT2D eigenvalue weighted by Crippen LogP contribution is 2.44. The lowest BCUT2D eigenvalue weighted by Crippen LogP contribution is -2.48. The molecule has 1 fully saturated rings. The highest BCUT2D eigenvalue weighted by atomic mass is 16.5. The highest BCUT2D eigenvalue weighted by Gasteiger charge is 2.39. The van der Waals surface area contributed by atoms with E-state index in [4.69, 9.17) is 35.5 Å². The van der Waals surface area contributed by atoms with E-state index in [-0.39, 0.29) is 4.90 Å². The fourth-order valence-corrected chi connectivity index (χ4v) is 2.75. The Bertz CT molecular complexity index is 1250. The largest absolute Gasteiger partial charge is 0.493 e. The molecular formula is C20H31NO3. The molecule has 3 rings (SSSR count). The summed E-state index contributed by atoms with van der Waals surface area (Å²) in [5.74, 6) is -4.22. The predicted octanol–water partition coefficient (Wildman–Crippen LogP) is 3.42. The third-order valence-corrected chi connectivity index (χ3v) is 3.79. The standard InChI is InChI=1S/C20H31NO3/c1-20(2,3)11-14-12-21-7-6-13-8-18(23-4)19(24-5)9-15(13)16(21)10-17(14)22/h8-9,14,16-17,22H,6-7,10-12H2,1-5H3/i1D3,2D3,5D3,6D2,7D2,8D,9D,11D2,12D2. The first-order chi connectivity index (χ1) is 18.9. The summed E-state index contributed by atoms with van der Waals surface area (Å²) in [7, 11) is -2.25. The van der Waals surface area contributed by atoms with E-state index in [1.54, 1.807) is 0 Å². The normalized spacial score (nSPS) is 47.5. The summed E-state index contributed by atoms with van der Waals surface area (Å²) >= 11 is 0. The van der Waals surface area contributed by atoms with Gasteiger partial charge in [-0.3, -0.25) is 4.90 Å². The minimum Gasteiger partial charge on any atom is -0.493 e. The molecule has 2 aliphatic heterocycles. The Morgan fingerprint density at radius 3 is 2.96 bits per heavy atom. The van der Waals surface area contributed by atoms with Crippen LogP contribution in [0.25, 0.3) is 0 Å². The molecule has 2 heterocycles. The molecule has 0 saturated carbocycles. The van der Waals surface area contributed by atoms with Gasteiger partial charge in [-0.25, -0.2) is 0 Å². The lowest BCUT2D eigenvalue weighted by atomic mass is 9.75. The molecular weight excluding hydrogens is 302 g/mol. The van der Waals surface area contributed by atoms with Crippen LogP contribution in [0.3, 0.4) is 0 Å². The molecule has 0 radical (unpaired) electrons. The number of ether oxygens (including phenoxy) is 2. The third kappa shape index (κ3) is 3.40. The van der Waals surface area contributed by atoms with Crippen molar-refractivity contribution in [1.82, 2.24) is 4.90 Å². The van der Waals surface area contributed by atoms with Gasteiger partial charge in [-0.2, -0.15) is 0 Å². The smallest absolute Gasteiger partial charge is 0.161 e. The van der Waals surface area contributed by atoms with Crippen LogP contribution in [0.2, 0.25) is 0 Å². The van der Waals surface area contributed by atoms with Gasteiger partial charge in [0, 0.05) is 38.2 Å². The third-order valence-electron chi connectivity index (χ3n) is 3.79. The first-order valence-corrected chi connectivity index (χ1v) is 7.25. The van der Waals surface area contributed by atoms with Crippen LogP contribution in [0.15, 0.2) is 12.1 Å². The van der Waals surface area contributed by atoms with Crippen LogP contribution in [0, 0.1) is 11.3 Å². The second-order valence-electron chi connectivity index (χ2n) is 5.80. The molecule has 2 aliphatic rings. The molecule has 1 N–H and O–H groups in total. The van der Waals surface area contributed by atoms with E-state index < -0.39 is 111 Å². The zero-order chi connectivity index (χ0) is 33.9. The number of methoxy groups -OCH3 is 2. The van der Waals surface area contributed by atoms with Crippen LogP contribution in [-0.4, -0.2) is 43.3 Å². The molecule has 1 aromatic rings. The zero-order valence-corrected chi connectivity index (χ0v) is 13.2. The SMILES string of the molecule is [2H]c1c(OC([2H])([2H])[2H])c(OC)c([2H])c2c1C1CC(O)C(C([2H])([2H])C(C)(C([2H])([2H])[2H])C([2H])([2H])[2H])C([2H])([2H])N1C([2H])([2H])C2([2H])[2H]. The maximum Gasteiger partial charge on any atom is 0.161 e. The van der Waals surface area contributed by atoms with Gasteiger partial charge >= 0.3 is 0 Å². The van der Waals surface area contributed by atoms with Gasteiger partial charge < -0.3 is 14.6 Å². The molecule has 0 amide bonds. The number of fused-ring (bicyclic) bond motifs is 3. The van der Waals surface area contributed by atoms with E-state index in [0.717, 1.165) is 7.11 Å². The van der Waals surface area contributed by atoms with Gasteiger partial charge in [0.2, 0.25) is 0 Å². The van der Waals surface area contributed by atoms with E-state index in [0.29, 0.717) is 6.92 Å². The van der Waals surface area contributed by atoms with Gasteiger partial charge in [0.15, 0.2) is 11.5 Å². The Kier molecular flexibility index (Phi) is 1.54. The van der Waals surface area contributed by atoms with E-state index >= 15 is 0 Å². The first kappa shape index (κ1) is 5.62. The summed E-state index contributed by atoms with van der Waals surface area (Å²) in [6.07, 6.45) is -10.2. The average molecular weight is 353 g/mol. The van der Waals surface area contributed by atoms with Crippen molar-refractivity contribution in [3.05, 3.63) is 23.2 Å². The fraction of sp³-hybridized carbons (Fsp3) is 0.700. The molecule has 24 heavy (non-hydrogen) atoms. The Hall–Kier alpha value is -1.26. The molecule has 1 aromatic carbocycles. The van der Waals surface area contributed by atoms with Crippen molar-refractivity contribution in [3.63, 3.8) is 0 Å². The summed E-state index contributed by atoms with van der Waals surface area (Å²) in [6.45, 7) is -13.7. The summed E-state index contributed by atoms with van der Waals surface area (Å²) in [5.41, 5.74) is -4.82. The molecule has 3 unspecified atom stereocenters. The van der Waals surface area contributed by atoms with Gasteiger partial charge in [-0.1, -0.05) is 20.6 Å². The maximum atomic E-state index is 11.3. The van der Waals surface area contributed by atoms with E-state index in [2.05, 4.69) is 0 Å². The van der Waals surface area contributed by atoms with Crippen molar-refractivity contribution in [2.24, 2.45) is 11.3 Å². The molecule has 4 nitrogen and oxygen atoms in total. The molecule has 4 heteroatoms. The number of benzene rings is 1. The minimum atomic E-state index is -3.64. The van der Waals surface area contributed by atoms with Crippen molar-refractivity contribution >= 4 is 0 Å². The van der Waals surface area contributed by atoms with Gasteiger partial charge in [-0.05, 0) is 53.7 Å². The van der Waals surface area contributed by atoms with Crippen LogP contribution in [0.1, 0.15) is 76.6 Å². The minimum absolute atomic E-state index is 0.153. The maximum absolute atomic E-state index is 11.3. The molecule has 0 aromatic heterocycles. The Labute approximate surface area is 172 Å². The fourth-order valence-electron chi connectivity index (χ4n) is 2.75. The average Bonchev–Trinajstić information content (AvgIpc) is 2.75. The second-order valence-corrected chi connectivity index (χ2v) is 5.80. The van der Waals surface area contributed by atoms with Crippen molar-refractivity contribution < 1.29 is 40.6 Å². The van der Waals surface area contributed by atoms with Crippen LogP contribution in [0.4, 0.5) is 0 Å². The van der Waals surface area contributed by atoms with Gasteiger partial charge in [0.1, 0.15) is 0 Å². The monoisotopic (exact) mass is 352 g/mol. The van der Waals surface area contributed by atoms with Crippen LogP contribution in [-0.2, 0) is 6.37 Å². The Morgan fingerprint density at radius 2 is 2.25 bits per heavy atom. The number of aliphatic hydroxyl groups is 1. The summed E-state index contributed by atoms with van der Waals surface area (Å²) in [4.78, 5) is 0.153. The number of hydrogen-bond donors (Lipinski definition) is 1. The van der Waals surface area contributed by atoms with Gasteiger partial charge in [0.05, 0.1) is 27.1 Å². The van der Waals surface area contributed by atoms with Gasteiger partial charge in [-0.15, -0.1) is 0 Å². The lowest BCUT2D eigenvalue weighted by Gasteiger charge is -2.47. The van der Waals surface area contributed by atoms with E-state index in [1.165, 1.54) is 0 Å². The molecule has 0 aliphatic carbocycles. The quantitative estimate of drug-likeness (QED) is 0.905. The molecule has 0 bridgehead atoms. The number of nitrogens with zero attached hydrogens (tertiary/aromatic N) is 1. The zero-order valence-electron chi connectivity index (χ0n) is 32.2. The number of piperidine rings is 1. The van der Waals surface area contributed by atoms with Crippen molar-refractivity contribution in [1.29, 1.82) is 0 Å². The Morgan fingerprint density at radius 1 is 1.46 bits per heavy atom. The number of hydrogen-bond acceptors (Lipinski definition) is 4.